The van der Waals surface area contributed by atoms with Crippen LogP contribution in [0.25, 0.3) is 60.0 Å². The fourth-order valence-electron chi connectivity index (χ4n) is 5.13. The molecule has 0 spiro atoms. The number of rotatable bonds is 4. The van der Waals surface area contributed by atoms with Gasteiger partial charge in [0.05, 0.1) is 22.2 Å². The maximum atomic E-state index is 5.17. The van der Waals surface area contributed by atoms with E-state index in [4.69, 9.17) is 9.97 Å². The molecule has 0 aliphatic carbocycles. The van der Waals surface area contributed by atoms with Gasteiger partial charge in [0.15, 0.2) is 0 Å². The zero-order chi connectivity index (χ0) is 24.9. The molecule has 0 aliphatic heterocycles. The maximum Gasteiger partial charge on any atom is 0.235 e. The Kier molecular flexibility index (Phi) is 4.94. The van der Waals surface area contributed by atoms with Gasteiger partial charge in [-0.15, -0.1) is 11.3 Å². The van der Waals surface area contributed by atoms with Crippen LogP contribution in [-0.4, -0.2) is 34.5 Å². The smallest absolute Gasteiger partial charge is 0.235 e. The van der Waals surface area contributed by atoms with Gasteiger partial charge < -0.3 is 0 Å². The molecule has 0 unspecified atom stereocenters. The lowest BCUT2D eigenvalue weighted by atomic mass is 10.1. The number of fused-ring (bicyclic) bond motifs is 5. The second-order valence-corrected chi connectivity index (χ2v) is 9.87. The number of para-hydroxylation sites is 2. The van der Waals surface area contributed by atoms with Gasteiger partial charge in [0, 0.05) is 50.6 Å². The Morgan fingerprint density at radius 3 is 2.35 bits per heavy atom. The lowest BCUT2D eigenvalue weighted by Gasteiger charge is -2.11. The molecule has 7 rings (SSSR count). The molecule has 3 heterocycles. The summed E-state index contributed by atoms with van der Waals surface area (Å²) in [6.07, 6.45) is 1.86. The second-order valence-electron chi connectivity index (χ2n) is 8.84. The van der Waals surface area contributed by atoms with Gasteiger partial charge in [-0.1, -0.05) is 66.7 Å². The molecule has 0 saturated carbocycles. The minimum atomic E-state index is 0.645. The molecule has 0 fully saturated rings. The topological polar surface area (TPSA) is 55.4 Å². The Morgan fingerprint density at radius 1 is 0.784 bits per heavy atom. The van der Waals surface area contributed by atoms with E-state index in [-0.39, 0.29) is 0 Å². The molecule has 0 radical (unpaired) electrons. The first-order valence-electron chi connectivity index (χ1n) is 12.0. The third kappa shape index (κ3) is 3.30. The third-order valence-electron chi connectivity index (χ3n) is 6.74. The fraction of sp³-hybridized carbons (Fsp3) is 0.0323. The van der Waals surface area contributed by atoms with Crippen molar-refractivity contribution in [3.63, 3.8) is 0 Å². The van der Waals surface area contributed by atoms with Gasteiger partial charge in [0.25, 0.3) is 0 Å². The first-order valence-corrected chi connectivity index (χ1v) is 12.8. The molecule has 6 heteroatoms. The lowest BCUT2D eigenvalue weighted by Crippen LogP contribution is -2.03. The van der Waals surface area contributed by atoms with Crippen molar-refractivity contribution in [2.24, 2.45) is 9.98 Å². The van der Waals surface area contributed by atoms with E-state index in [1.54, 1.807) is 18.4 Å². The van der Waals surface area contributed by atoms with E-state index < -0.39 is 0 Å². The lowest BCUT2D eigenvalue weighted by molar-refractivity contribution is 1.01. The summed E-state index contributed by atoms with van der Waals surface area (Å²) in [5, 5.41) is 5.31. The van der Waals surface area contributed by atoms with Crippen LogP contribution in [0.3, 0.4) is 0 Å². The van der Waals surface area contributed by atoms with Crippen molar-refractivity contribution in [3.05, 3.63) is 96.6 Å². The zero-order valence-corrected chi connectivity index (χ0v) is 20.9. The molecule has 0 amide bonds. The summed E-state index contributed by atoms with van der Waals surface area (Å²) in [7, 11) is 1.78. The molecular weight excluding hydrogens is 474 g/mol. The van der Waals surface area contributed by atoms with Gasteiger partial charge in [-0.25, -0.2) is 9.97 Å². The standard InChI is InChI=1S/C31H21N5S/c1-32-18-24-23-16-27-22(17-28(23)37-30(24)33-2)20-12-7-9-15-26(20)36(27)31-34-25-14-8-6-13-21(25)29(35-31)19-10-4-3-5-11-19/h3-18H,2H2,1H3. The summed E-state index contributed by atoms with van der Waals surface area (Å²) in [6, 6.07) is 31.4. The van der Waals surface area contributed by atoms with Crippen LogP contribution in [0.15, 0.2) is 101 Å². The van der Waals surface area contributed by atoms with Crippen LogP contribution in [-0.2, 0) is 0 Å². The predicted octanol–water partition coefficient (Wildman–Crippen LogP) is 7.99. The Balaban J connectivity index is 1.62. The summed E-state index contributed by atoms with van der Waals surface area (Å²) in [5.74, 6) is 0.645. The average molecular weight is 496 g/mol. The molecule has 37 heavy (non-hydrogen) atoms. The van der Waals surface area contributed by atoms with Crippen molar-refractivity contribution < 1.29 is 0 Å². The monoisotopic (exact) mass is 495 g/mol. The van der Waals surface area contributed by atoms with E-state index in [1.807, 2.05) is 36.5 Å². The molecule has 0 atom stereocenters. The number of nitrogens with zero attached hydrogens (tertiary/aromatic N) is 5. The molecule has 7 aromatic rings. The highest BCUT2D eigenvalue weighted by Crippen LogP contribution is 2.42. The SMILES string of the molecule is C=Nc1sc2cc3c4ccccc4n(-c4nc(-c5ccccc5)c5ccccc5n4)c3cc2c1C=NC. The molecule has 4 aromatic carbocycles. The minimum absolute atomic E-state index is 0.645. The number of aromatic nitrogens is 3. The molecule has 0 N–H and O–H groups in total. The van der Waals surface area contributed by atoms with Crippen LogP contribution in [0.5, 0.6) is 0 Å². The quantitative estimate of drug-likeness (QED) is 0.232. The van der Waals surface area contributed by atoms with Crippen LogP contribution in [0, 0.1) is 0 Å². The largest absolute Gasteiger partial charge is 0.296 e. The Labute approximate surface area is 217 Å². The fourth-order valence-corrected chi connectivity index (χ4v) is 6.13. The van der Waals surface area contributed by atoms with Gasteiger partial charge in [0.1, 0.15) is 5.00 Å². The Bertz CT molecular complexity index is 2010. The number of hydrogen-bond donors (Lipinski definition) is 0. The van der Waals surface area contributed by atoms with Crippen molar-refractivity contribution in [1.29, 1.82) is 0 Å². The van der Waals surface area contributed by atoms with E-state index in [9.17, 15) is 0 Å². The predicted molar refractivity (Wildman–Crippen MR) is 157 cm³/mol. The summed E-state index contributed by atoms with van der Waals surface area (Å²) in [4.78, 5) is 18.8. The van der Waals surface area contributed by atoms with E-state index in [2.05, 4.69) is 81.9 Å². The first-order chi connectivity index (χ1) is 18.3. The van der Waals surface area contributed by atoms with Crippen molar-refractivity contribution in [3.8, 4) is 17.2 Å². The normalized spacial score (nSPS) is 11.9. The van der Waals surface area contributed by atoms with Crippen LogP contribution in [0.2, 0.25) is 0 Å². The molecule has 176 valence electrons. The molecule has 0 aliphatic rings. The summed E-state index contributed by atoms with van der Waals surface area (Å²) in [5.41, 5.74) is 5.98. The van der Waals surface area contributed by atoms with Crippen molar-refractivity contribution in [1.82, 2.24) is 14.5 Å². The van der Waals surface area contributed by atoms with Crippen molar-refractivity contribution in [2.45, 2.75) is 0 Å². The number of hydrogen-bond acceptors (Lipinski definition) is 5. The number of benzene rings is 4. The Hall–Kier alpha value is -4.68. The highest BCUT2D eigenvalue weighted by atomic mass is 32.1. The molecule has 0 bridgehead atoms. The zero-order valence-electron chi connectivity index (χ0n) is 20.1. The van der Waals surface area contributed by atoms with Crippen LogP contribution >= 0.6 is 11.3 Å². The maximum absolute atomic E-state index is 5.17. The summed E-state index contributed by atoms with van der Waals surface area (Å²) >= 11 is 1.63. The summed E-state index contributed by atoms with van der Waals surface area (Å²) in [6.45, 7) is 3.78. The molecular formula is C31H21N5S. The highest BCUT2D eigenvalue weighted by molar-refractivity contribution is 7.23. The molecule has 5 nitrogen and oxygen atoms in total. The van der Waals surface area contributed by atoms with E-state index >= 15 is 0 Å². The van der Waals surface area contributed by atoms with Gasteiger partial charge >= 0.3 is 0 Å². The second kappa shape index (κ2) is 8.47. The number of thiophene rings is 1. The van der Waals surface area contributed by atoms with Crippen molar-refractivity contribution >= 4 is 72.1 Å². The van der Waals surface area contributed by atoms with Crippen LogP contribution < -0.4 is 0 Å². The Morgan fingerprint density at radius 2 is 1.54 bits per heavy atom. The van der Waals surface area contributed by atoms with E-state index in [0.717, 1.165) is 64.6 Å². The van der Waals surface area contributed by atoms with Crippen molar-refractivity contribution in [2.75, 3.05) is 7.05 Å². The van der Waals surface area contributed by atoms with Crippen LogP contribution in [0.4, 0.5) is 5.00 Å². The highest BCUT2D eigenvalue weighted by Gasteiger charge is 2.19. The van der Waals surface area contributed by atoms with Gasteiger partial charge in [-0.2, -0.15) is 0 Å². The molecule has 3 aromatic heterocycles. The van der Waals surface area contributed by atoms with Gasteiger partial charge in [-0.3, -0.25) is 14.6 Å². The first kappa shape index (κ1) is 21.6. The van der Waals surface area contributed by atoms with Gasteiger partial charge in [-0.05, 0) is 31.0 Å². The van der Waals surface area contributed by atoms with Gasteiger partial charge in [0.2, 0.25) is 5.95 Å². The third-order valence-corrected chi connectivity index (χ3v) is 7.84. The minimum Gasteiger partial charge on any atom is -0.296 e. The summed E-state index contributed by atoms with van der Waals surface area (Å²) < 4.78 is 3.33. The molecule has 0 saturated heterocycles. The van der Waals surface area contributed by atoms with E-state index in [0.29, 0.717) is 5.95 Å². The van der Waals surface area contributed by atoms with E-state index in [1.165, 1.54) is 0 Å². The van der Waals surface area contributed by atoms with Crippen LogP contribution in [0.1, 0.15) is 5.56 Å². The average Bonchev–Trinajstić information content (AvgIpc) is 3.46. The number of aliphatic imine (C=N–C) groups is 2.